The molecule has 1 aliphatic carbocycles. The number of aromatic hydroxyl groups is 1. The van der Waals surface area contributed by atoms with Gasteiger partial charge in [-0.25, -0.2) is 10.8 Å². The van der Waals surface area contributed by atoms with Crippen LogP contribution in [-0.2, 0) is 25.4 Å². The Morgan fingerprint density at radius 3 is 1.74 bits per heavy atom. The molecule has 0 fully saturated rings. The maximum Gasteiger partial charge on any atom is 0.116 e. The number of allylic oxidation sites excluding steroid dienone is 4. The largest absolute Gasteiger partial charge is 0.508 e. The minimum absolute atomic E-state index is 0. The van der Waals surface area contributed by atoms with Gasteiger partial charge in [-0.15, -0.1) is 31.7 Å². The molecular formula is C22H34Cl2OSiTi. The van der Waals surface area contributed by atoms with Crippen molar-refractivity contribution in [3.8, 4) is 5.75 Å². The van der Waals surface area contributed by atoms with Gasteiger partial charge < -0.3 is 5.11 Å². The summed E-state index contributed by atoms with van der Waals surface area (Å²) in [5, 5.41) is 10.5. The molecule has 0 heterocycles. The number of halogens is 2. The SMILES string of the molecule is CC1=C(C)C(C)[C-]=C1[Si].C[C](C)=[Ti+].Cc1cc(O)cc(C(C)(C)C)c1.Cl.Cl. The summed E-state index contributed by atoms with van der Waals surface area (Å²) in [5.41, 5.74) is 5.18. The minimum Gasteiger partial charge on any atom is -0.508 e. The van der Waals surface area contributed by atoms with Gasteiger partial charge in [-0.1, -0.05) is 46.6 Å². The van der Waals surface area contributed by atoms with Crippen LogP contribution in [0.1, 0.15) is 66.5 Å². The Morgan fingerprint density at radius 1 is 1.07 bits per heavy atom. The van der Waals surface area contributed by atoms with Gasteiger partial charge in [-0.3, -0.25) is 6.08 Å². The third kappa shape index (κ3) is 12.9. The van der Waals surface area contributed by atoms with Crippen molar-refractivity contribution in [2.24, 2.45) is 5.92 Å². The summed E-state index contributed by atoms with van der Waals surface area (Å²) in [6, 6.07) is 5.71. The average molecular weight is 461 g/mol. The fourth-order valence-corrected chi connectivity index (χ4v) is 2.56. The van der Waals surface area contributed by atoms with Crippen LogP contribution in [-0.4, -0.2) is 19.2 Å². The Kier molecular flexibility index (Phi) is 16.3. The first-order valence-electron chi connectivity index (χ1n) is 8.61. The molecule has 0 amide bonds. The Balaban J connectivity index is -0.000000343. The van der Waals surface area contributed by atoms with Crippen molar-refractivity contribution in [1.29, 1.82) is 0 Å². The molecule has 0 saturated heterocycles. The van der Waals surface area contributed by atoms with Crippen LogP contribution in [0.4, 0.5) is 0 Å². The second-order valence-corrected chi connectivity index (χ2v) is 9.92. The van der Waals surface area contributed by atoms with Gasteiger partial charge in [0.2, 0.25) is 0 Å². The van der Waals surface area contributed by atoms with Crippen LogP contribution < -0.4 is 0 Å². The van der Waals surface area contributed by atoms with Gasteiger partial charge in [0.25, 0.3) is 0 Å². The van der Waals surface area contributed by atoms with Gasteiger partial charge in [-0.2, -0.15) is 5.57 Å². The van der Waals surface area contributed by atoms with Gasteiger partial charge in [0.15, 0.2) is 0 Å². The number of benzene rings is 1. The zero-order valence-electron chi connectivity index (χ0n) is 18.1. The van der Waals surface area contributed by atoms with E-state index >= 15 is 0 Å². The van der Waals surface area contributed by atoms with E-state index in [1.54, 1.807) is 6.07 Å². The number of hydrogen-bond acceptors (Lipinski definition) is 1. The number of phenols is 1. The van der Waals surface area contributed by atoms with Crippen molar-refractivity contribution in [2.75, 3.05) is 0 Å². The second kappa shape index (κ2) is 14.0. The summed E-state index contributed by atoms with van der Waals surface area (Å²) in [7, 11) is 3.48. The van der Waals surface area contributed by atoms with Crippen LogP contribution in [0.2, 0.25) is 0 Å². The zero-order chi connectivity index (χ0) is 19.9. The molecule has 3 radical (unpaired) electrons. The molecule has 1 atom stereocenters. The van der Waals surface area contributed by atoms with Crippen molar-refractivity contribution in [2.45, 2.75) is 67.7 Å². The first-order valence-corrected chi connectivity index (χ1v) is 9.89. The average Bonchev–Trinajstić information content (AvgIpc) is 2.63. The van der Waals surface area contributed by atoms with Gasteiger partial charge in [0.05, 0.1) is 0 Å². The van der Waals surface area contributed by atoms with E-state index in [0.717, 1.165) is 10.8 Å². The summed E-state index contributed by atoms with van der Waals surface area (Å²) in [6.45, 7) is 19.0. The topological polar surface area (TPSA) is 20.2 Å². The minimum atomic E-state index is 0. The fourth-order valence-electron chi connectivity index (χ4n) is 2.15. The Labute approximate surface area is 194 Å². The number of hydrogen-bond donors (Lipinski definition) is 1. The van der Waals surface area contributed by atoms with Crippen LogP contribution in [0, 0.1) is 18.9 Å². The van der Waals surface area contributed by atoms with E-state index in [2.05, 4.69) is 97.7 Å². The molecule has 1 unspecified atom stereocenters. The Bertz CT molecular complexity index is 649. The van der Waals surface area contributed by atoms with Gasteiger partial charge in [0, 0.05) is 10.2 Å². The predicted molar refractivity (Wildman–Crippen MR) is 122 cm³/mol. The summed E-state index contributed by atoms with van der Waals surface area (Å²) in [5.74, 6) is 0.873. The molecule has 1 nitrogen and oxygen atoms in total. The maximum absolute atomic E-state index is 9.36. The van der Waals surface area contributed by atoms with Crippen molar-refractivity contribution < 1.29 is 25.1 Å². The summed E-state index contributed by atoms with van der Waals surface area (Å²) >= 11 is 2.08. The van der Waals surface area contributed by atoms with Crippen molar-refractivity contribution in [3.05, 3.63) is 51.7 Å². The van der Waals surface area contributed by atoms with E-state index in [9.17, 15) is 5.11 Å². The second-order valence-electron chi connectivity index (χ2n) is 7.86. The van der Waals surface area contributed by atoms with E-state index in [1.165, 1.54) is 20.5 Å². The van der Waals surface area contributed by atoms with Gasteiger partial charge in [-0.05, 0) is 35.6 Å². The number of aryl methyl sites for hydroxylation is 1. The molecule has 0 aromatic heterocycles. The van der Waals surface area contributed by atoms with E-state index in [-0.39, 0.29) is 30.2 Å². The molecule has 27 heavy (non-hydrogen) atoms. The van der Waals surface area contributed by atoms with Gasteiger partial charge >= 0.3 is 37.6 Å². The normalized spacial score (nSPS) is 15.3. The van der Waals surface area contributed by atoms with E-state index in [0.29, 0.717) is 11.7 Å². The van der Waals surface area contributed by atoms with Crippen molar-refractivity contribution in [3.63, 3.8) is 0 Å². The van der Waals surface area contributed by atoms with Crippen LogP contribution in [0.25, 0.3) is 0 Å². The molecule has 0 spiro atoms. The van der Waals surface area contributed by atoms with E-state index in [4.69, 9.17) is 0 Å². The summed E-state index contributed by atoms with van der Waals surface area (Å²) in [6.07, 6.45) is 3.27. The summed E-state index contributed by atoms with van der Waals surface area (Å²) in [4.78, 5) is 0. The van der Waals surface area contributed by atoms with Crippen LogP contribution in [0.15, 0.2) is 34.5 Å². The molecular weight excluding hydrogens is 427 g/mol. The monoisotopic (exact) mass is 460 g/mol. The van der Waals surface area contributed by atoms with Crippen LogP contribution >= 0.6 is 24.8 Å². The number of phenolic OH excluding ortho intramolecular Hbond substituents is 1. The molecule has 1 aliphatic rings. The molecule has 1 N–H and O–H groups in total. The van der Waals surface area contributed by atoms with Crippen LogP contribution in [0.3, 0.4) is 0 Å². The Hall–Kier alpha value is -0.119. The van der Waals surface area contributed by atoms with E-state index in [1.807, 2.05) is 13.0 Å². The number of rotatable bonds is 0. The predicted octanol–water partition coefficient (Wildman–Crippen LogP) is 6.42. The summed E-state index contributed by atoms with van der Waals surface area (Å²) < 4.78 is 1.42. The van der Waals surface area contributed by atoms with Crippen molar-refractivity contribution >= 4 is 38.9 Å². The maximum atomic E-state index is 9.36. The zero-order valence-corrected chi connectivity index (χ0v) is 22.3. The third-order valence-electron chi connectivity index (χ3n) is 3.91. The molecule has 1 aromatic carbocycles. The van der Waals surface area contributed by atoms with Gasteiger partial charge in [0.1, 0.15) is 5.75 Å². The first-order chi connectivity index (χ1) is 11.3. The molecule has 0 saturated carbocycles. The molecule has 1 aromatic rings. The third-order valence-corrected chi connectivity index (χ3v) is 4.42. The standard InChI is InChI=1S/C11H16O.C8H10Si.C3H6.2ClH.Ti/c1-8-5-9(11(2,3)4)7-10(12)6-8;1-5-4-8(9)7(3)6(5)2;1-3-2;;;/h5-7,12H,1-4H3;5H,1-3H3;1-2H3;2*1H;/q;-1;;;;+1. The first kappa shape index (κ1) is 31.6. The smallest absolute Gasteiger partial charge is 0.116 e. The quantitative estimate of drug-likeness (QED) is 0.350. The molecule has 5 heteroatoms. The molecule has 0 aliphatic heterocycles. The Morgan fingerprint density at radius 2 is 1.52 bits per heavy atom. The van der Waals surface area contributed by atoms with Crippen LogP contribution in [0.5, 0.6) is 5.75 Å². The molecule has 150 valence electrons. The molecule has 2 rings (SSSR count). The molecule has 0 bridgehead atoms. The fraction of sp³-hybridized carbons (Fsp3) is 0.500. The van der Waals surface area contributed by atoms with E-state index < -0.39 is 0 Å². The van der Waals surface area contributed by atoms with Crippen molar-refractivity contribution in [1.82, 2.24) is 0 Å².